The Bertz CT molecular complexity index is 603. The van der Waals surface area contributed by atoms with E-state index >= 15 is 0 Å². The number of fused-ring (bicyclic) bond motifs is 2. The summed E-state index contributed by atoms with van der Waals surface area (Å²) in [7, 11) is 0. The minimum atomic E-state index is 0.729. The Morgan fingerprint density at radius 3 is 2.83 bits per heavy atom. The highest BCUT2D eigenvalue weighted by molar-refractivity contribution is 5.80. The normalized spacial score (nSPS) is 29.7. The number of aryl methyl sites for hydroxylation is 1. The lowest BCUT2D eigenvalue weighted by Crippen LogP contribution is -2.02. The summed E-state index contributed by atoms with van der Waals surface area (Å²) in [6, 6.07) is 6.07. The first-order valence-corrected chi connectivity index (χ1v) is 7.05. The first-order chi connectivity index (χ1) is 8.79. The number of anilines is 1. The summed E-state index contributed by atoms with van der Waals surface area (Å²) in [6.45, 7) is 3.19. The van der Waals surface area contributed by atoms with Crippen molar-refractivity contribution in [1.29, 1.82) is 0 Å². The van der Waals surface area contributed by atoms with E-state index in [-0.39, 0.29) is 0 Å². The number of nitrogens with zero attached hydrogens (tertiary/aromatic N) is 2. The van der Waals surface area contributed by atoms with E-state index in [9.17, 15) is 0 Å². The second-order valence-corrected chi connectivity index (χ2v) is 5.75. The largest absolute Gasteiger partial charge is 0.399 e. The van der Waals surface area contributed by atoms with Crippen LogP contribution in [0.2, 0.25) is 0 Å². The van der Waals surface area contributed by atoms with E-state index in [1.54, 1.807) is 0 Å². The number of nitrogens with two attached hydrogens (primary N) is 1. The Balaban J connectivity index is 1.85. The fraction of sp³-hybridized carbons (Fsp3) is 0.533. The van der Waals surface area contributed by atoms with Crippen molar-refractivity contribution in [3.63, 3.8) is 0 Å². The minimum absolute atomic E-state index is 0.729. The summed E-state index contributed by atoms with van der Waals surface area (Å²) >= 11 is 0. The highest BCUT2D eigenvalue weighted by Gasteiger charge is 2.55. The molecule has 94 valence electrons. The smallest absolute Gasteiger partial charge is 0.113 e. The minimum Gasteiger partial charge on any atom is -0.399 e. The molecule has 18 heavy (non-hydrogen) atoms. The molecular weight excluding hydrogens is 222 g/mol. The molecule has 0 saturated heterocycles. The van der Waals surface area contributed by atoms with Crippen LogP contribution in [0.1, 0.15) is 37.9 Å². The van der Waals surface area contributed by atoms with Crippen LogP contribution in [0.25, 0.3) is 11.0 Å². The Labute approximate surface area is 107 Å². The van der Waals surface area contributed by atoms with E-state index in [1.165, 1.54) is 30.6 Å². The zero-order valence-corrected chi connectivity index (χ0v) is 10.8. The molecule has 2 aromatic rings. The summed E-state index contributed by atoms with van der Waals surface area (Å²) in [5.74, 6) is 3.88. The first-order valence-electron chi connectivity index (χ1n) is 7.05. The van der Waals surface area contributed by atoms with Crippen LogP contribution in [-0.2, 0) is 6.54 Å². The third-order valence-electron chi connectivity index (χ3n) is 4.82. The molecular formula is C15H19N3. The predicted octanol–water partition coefficient (Wildman–Crippen LogP) is 3.15. The summed E-state index contributed by atoms with van der Waals surface area (Å²) < 4.78 is 2.37. The zero-order chi connectivity index (χ0) is 12.3. The van der Waals surface area contributed by atoms with Crippen LogP contribution in [0, 0.1) is 11.8 Å². The van der Waals surface area contributed by atoms with Gasteiger partial charge in [-0.05, 0) is 49.8 Å². The van der Waals surface area contributed by atoms with Crippen LogP contribution in [0.3, 0.4) is 0 Å². The van der Waals surface area contributed by atoms with E-state index in [4.69, 9.17) is 10.7 Å². The fourth-order valence-electron chi connectivity index (χ4n) is 3.95. The van der Waals surface area contributed by atoms with Gasteiger partial charge < -0.3 is 10.3 Å². The molecule has 1 aromatic heterocycles. The highest BCUT2D eigenvalue weighted by Crippen LogP contribution is 2.62. The second-order valence-electron chi connectivity index (χ2n) is 5.75. The standard InChI is InChI=1S/C15H19N3/c1-2-18-13-8-9(16)6-7-12(13)17-15(18)14-10-4-3-5-11(10)14/h6-8,10-11,14H,2-5,16H2,1H3. The van der Waals surface area contributed by atoms with Crippen LogP contribution in [0.4, 0.5) is 5.69 Å². The van der Waals surface area contributed by atoms with Crippen molar-refractivity contribution in [1.82, 2.24) is 9.55 Å². The molecule has 2 atom stereocenters. The van der Waals surface area contributed by atoms with E-state index < -0.39 is 0 Å². The number of imidazole rings is 1. The van der Waals surface area contributed by atoms with Crippen LogP contribution in [0.5, 0.6) is 0 Å². The molecule has 2 fully saturated rings. The van der Waals surface area contributed by atoms with Gasteiger partial charge in [-0.25, -0.2) is 4.98 Å². The Morgan fingerprint density at radius 2 is 2.11 bits per heavy atom. The number of hydrogen-bond acceptors (Lipinski definition) is 2. The summed E-state index contributed by atoms with van der Waals surface area (Å²) in [5.41, 5.74) is 9.04. The van der Waals surface area contributed by atoms with Gasteiger partial charge in [0, 0.05) is 18.2 Å². The maximum absolute atomic E-state index is 5.90. The van der Waals surface area contributed by atoms with Crippen molar-refractivity contribution in [2.24, 2.45) is 11.8 Å². The third kappa shape index (κ3) is 1.27. The quantitative estimate of drug-likeness (QED) is 0.821. The number of aromatic nitrogens is 2. The van der Waals surface area contributed by atoms with Crippen LogP contribution in [0.15, 0.2) is 18.2 Å². The number of rotatable bonds is 2. The molecule has 3 heteroatoms. The van der Waals surface area contributed by atoms with Crippen molar-refractivity contribution in [3.05, 3.63) is 24.0 Å². The molecule has 0 amide bonds. The Morgan fingerprint density at radius 1 is 1.33 bits per heavy atom. The molecule has 2 saturated carbocycles. The number of nitrogen functional groups attached to an aromatic ring is 1. The highest BCUT2D eigenvalue weighted by atomic mass is 15.1. The van der Waals surface area contributed by atoms with Crippen molar-refractivity contribution in [3.8, 4) is 0 Å². The Hall–Kier alpha value is -1.51. The fourth-order valence-corrected chi connectivity index (χ4v) is 3.95. The maximum Gasteiger partial charge on any atom is 0.113 e. The maximum atomic E-state index is 5.90. The molecule has 0 bridgehead atoms. The summed E-state index contributed by atoms with van der Waals surface area (Å²) in [5, 5.41) is 0. The van der Waals surface area contributed by atoms with Gasteiger partial charge in [0.15, 0.2) is 0 Å². The van der Waals surface area contributed by atoms with Gasteiger partial charge in [0.25, 0.3) is 0 Å². The molecule has 0 spiro atoms. The predicted molar refractivity (Wildman–Crippen MR) is 73.4 cm³/mol. The van der Waals surface area contributed by atoms with Gasteiger partial charge in [-0.3, -0.25) is 0 Å². The van der Waals surface area contributed by atoms with Crippen molar-refractivity contribution >= 4 is 16.7 Å². The third-order valence-corrected chi connectivity index (χ3v) is 4.82. The zero-order valence-electron chi connectivity index (χ0n) is 10.8. The van der Waals surface area contributed by atoms with E-state index in [1.807, 2.05) is 6.07 Å². The molecule has 0 radical (unpaired) electrons. The number of hydrogen-bond donors (Lipinski definition) is 1. The molecule has 2 unspecified atom stereocenters. The lowest BCUT2D eigenvalue weighted by molar-refractivity contribution is 0.621. The number of benzene rings is 1. The molecule has 4 rings (SSSR count). The van der Waals surface area contributed by atoms with E-state index in [0.29, 0.717) is 0 Å². The van der Waals surface area contributed by atoms with Gasteiger partial charge in [0.1, 0.15) is 5.82 Å². The average molecular weight is 241 g/mol. The summed E-state index contributed by atoms with van der Waals surface area (Å²) in [6.07, 6.45) is 4.24. The van der Waals surface area contributed by atoms with Crippen LogP contribution >= 0.6 is 0 Å². The van der Waals surface area contributed by atoms with Crippen molar-refractivity contribution in [2.75, 3.05) is 5.73 Å². The van der Waals surface area contributed by atoms with Crippen LogP contribution < -0.4 is 5.73 Å². The van der Waals surface area contributed by atoms with E-state index in [0.717, 1.165) is 35.5 Å². The summed E-state index contributed by atoms with van der Waals surface area (Å²) in [4.78, 5) is 4.88. The van der Waals surface area contributed by atoms with Gasteiger partial charge in [-0.15, -0.1) is 0 Å². The molecule has 2 aliphatic carbocycles. The van der Waals surface area contributed by atoms with Gasteiger partial charge in [-0.1, -0.05) is 6.42 Å². The second kappa shape index (κ2) is 3.50. The SMILES string of the molecule is CCn1c(C2C3CCCC32)nc2ccc(N)cc21. The first kappa shape index (κ1) is 10.4. The molecule has 0 aliphatic heterocycles. The lowest BCUT2D eigenvalue weighted by atomic mass is 10.1. The van der Waals surface area contributed by atoms with Gasteiger partial charge in [-0.2, -0.15) is 0 Å². The topological polar surface area (TPSA) is 43.8 Å². The molecule has 2 aliphatic rings. The van der Waals surface area contributed by atoms with Crippen LogP contribution in [-0.4, -0.2) is 9.55 Å². The van der Waals surface area contributed by atoms with Gasteiger partial charge in [0.05, 0.1) is 11.0 Å². The van der Waals surface area contributed by atoms with E-state index in [2.05, 4.69) is 23.6 Å². The molecule has 3 nitrogen and oxygen atoms in total. The Kier molecular flexibility index (Phi) is 2.02. The van der Waals surface area contributed by atoms with Gasteiger partial charge in [0.2, 0.25) is 0 Å². The molecule has 1 aromatic carbocycles. The molecule has 2 N–H and O–H groups in total. The lowest BCUT2D eigenvalue weighted by Gasteiger charge is -2.07. The van der Waals surface area contributed by atoms with Crippen molar-refractivity contribution in [2.45, 2.75) is 38.6 Å². The monoisotopic (exact) mass is 241 g/mol. The molecule has 1 heterocycles. The van der Waals surface area contributed by atoms with Crippen molar-refractivity contribution < 1.29 is 0 Å². The van der Waals surface area contributed by atoms with Gasteiger partial charge >= 0.3 is 0 Å². The average Bonchev–Trinajstić information content (AvgIpc) is 2.77.